The van der Waals surface area contributed by atoms with E-state index in [-0.39, 0.29) is 11.9 Å². The van der Waals surface area contributed by atoms with Crippen LogP contribution in [-0.2, 0) is 4.79 Å². The molecule has 2 aromatic rings. The highest BCUT2D eigenvalue weighted by Crippen LogP contribution is 2.16. The van der Waals surface area contributed by atoms with Crippen LogP contribution < -0.4 is 10.6 Å². The zero-order valence-corrected chi connectivity index (χ0v) is 11.9. The standard InChI is InChI=1S/C17H20N2O/c1-3-18-16(14-7-5-4-6-8-14)17(20)19-15-11-9-13(2)10-12-15/h4-12,16,18H,3H2,1-2H3,(H,19,20)/t16-/m0/s1. The third kappa shape index (κ3) is 3.68. The first-order valence-electron chi connectivity index (χ1n) is 6.86. The molecule has 0 saturated carbocycles. The fourth-order valence-electron chi connectivity index (χ4n) is 2.06. The maximum Gasteiger partial charge on any atom is 0.246 e. The Morgan fingerprint density at radius 2 is 1.70 bits per heavy atom. The van der Waals surface area contributed by atoms with Crippen molar-refractivity contribution in [2.24, 2.45) is 0 Å². The molecule has 0 aliphatic heterocycles. The van der Waals surface area contributed by atoms with Gasteiger partial charge < -0.3 is 10.6 Å². The van der Waals surface area contributed by atoms with Crippen LogP contribution in [0, 0.1) is 6.92 Å². The summed E-state index contributed by atoms with van der Waals surface area (Å²) in [6, 6.07) is 17.2. The third-order valence-electron chi connectivity index (χ3n) is 3.12. The molecule has 0 aromatic heterocycles. The second-order valence-electron chi connectivity index (χ2n) is 4.76. The summed E-state index contributed by atoms with van der Waals surface area (Å²) in [5.41, 5.74) is 2.97. The Labute approximate surface area is 120 Å². The van der Waals surface area contributed by atoms with E-state index < -0.39 is 0 Å². The van der Waals surface area contributed by atoms with E-state index in [1.54, 1.807) is 0 Å². The van der Waals surface area contributed by atoms with Crippen LogP contribution in [0.25, 0.3) is 0 Å². The molecule has 0 unspecified atom stereocenters. The summed E-state index contributed by atoms with van der Waals surface area (Å²) in [5, 5.41) is 6.17. The topological polar surface area (TPSA) is 41.1 Å². The van der Waals surface area contributed by atoms with Gasteiger partial charge in [0.2, 0.25) is 5.91 Å². The van der Waals surface area contributed by atoms with Gasteiger partial charge in [0.05, 0.1) is 0 Å². The predicted molar refractivity (Wildman–Crippen MR) is 82.7 cm³/mol. The maximum absolute atomic E-state index is 12.4. The van der Waals surface area contributed by atoms with Gasteiger partial charge in [-0.2, -0.15) is 0 Å². The van der Waals surface area contributed by atoms with E-state index in [1.165, 1.54) is 5.56 Å². The molecule has 2 rings (SSSR count). The lowest BCUT2D eigenvalue weighted by Crippen LogP contribution is -2.32. The summed E-state index contributed by atoms with van der Waals surface area (Å²) in [6.45, 7) is 4.76. The predicted octanol–water partition coefficient (Wildman–Crippen LogP) is 3.28. The van der Waals surface area contributed by atoms with Crippen molar-refractivity contribution in [2.75, 3.05) is 11.9 Å². The average molecular weight is 268 g/mol. The molecular formula is C17H20N2O. The van der Waals surface area contributed by atoms with E-state index in [0.717, 1.165) is 17.8 Å². The van der Waals surface area contributed by atoms with Crippen molar-refractivity contribution in [3.63, 3.8) is 0 Å². The second kappa shape index (κ2) is 6.87. The first-order chi connectivity index (χ1) is 9.70. The van der Waals surface area contributed by atoms with Crippen LogP contribution in [0.3, 0.4) is 0 Å². The van der Waals surface area contributed by atoms with E-state index in [0.29, 0.717) is 0 Å². The normalized spacial score (nSPS) is 11.9. The molecule has 20 heavy (non-hydrogen) atoms. The molecule has 3 nitrogen and oxygen atoms in total. The molecule has 0 heterocycles. The molecule has 1 amide bonds. The number of carbonyl (C=O) groups is 1. The van der Waals surface area contributed by atoms with Crippen LogP contribution in [0.4, 0.5) is 5.69 Å². The van der Waals surface area contributed by atoms with Crippen LogP contribution >= 0.6 is 0 Å². The first-order valence-corrected chi connectivity index (χ1v) is 6.86. The molecule has 0 bridgehead atoms. The van der Waals surface area contributed by atoms with E-state index in [1.807, 2.05) is 68.4 Å². The van der Waals surface area contributed by atoms with Gasteiger partial charge in [-0.1, -0.05) is 55.0 Å². The lowest BCUT2D eigenvalue weighted by molar-refractivity contribution is -0.118. The maximum atomic E-state index is 12.4. The number of likely N-dealkylation sites (N-methyl/N-ethyl adjacent to an activating group) is 1. The molecule has 0 radical (unpaired) electrons. The van der Waals surface area contributed by atoms with Gasteiger partial charge in [-0.05, 0) is 31.2 Å². The minimum absolute atomic E-state index is 0.0399. The van der Waals surface area contributed by atoms with Crippen molar-refractivity contribution in [3.05, 3.63) is 65.7 Å². The molecule has 2 N–H and O–H groups in total. The number of carbonyl (C=O) groups excluding carboxylic acids is 1. The van der Waals surface area contributed by atoms with Gasteiger partial charge in [-0.25, -0.2) is 0 Å². The Kier molecular flexibility index (Phi) is 4.91. The number of nitrogens with one attached hydrogen (secondary N) is 2. The molecule has 1 atom stereocenters. The van der Waals surface area contributed by atoms with Gasteiger partial charge in [0, 0.05) is 5.69 Å². The summed E-state index contributed by atoms with van der Waals surface area (Å²) < 4.78 is 0. The lowest BCUT2D eigenvalue weighted by Gasteiger charge is -2.18. The molecule has 0 aliphatic carbocycles. The highest BCUT2D eigenvalue weighted by Gasteiger charge is 2.19. The molecular weight excluding hydrogens is 248 g/mol. The first kappa shape index (κ1) is 14.3. The summed E-state index contributed by atoms with van der Waals surface area (Å²) in [4.78, 5) is 12.4. The van der Waals surface area contributed by atoms with Crippen molar-refractivity contribution in [2.45, 2.75) is 19.9 Å². The van der Waals surface area contributed by atoms with Gasteiger partial charge in [0.15, 0.2) is 0 Å². The van der Waals surface area contributed by atoms with Crippen LogP contribution in [0.1, 0.15) is 24.1 Å². The quantitative estimate of drug-likeness (QED) is 0.873. The van der Waals surface area contributed by atoms with Gasteiger partial charge in [-0.3, -0.25) is 4.79 Å². The number of rotatable bonds is 5. The summed E-state index contributed by atoms with van der Waals surface area (Å²) in [7, 11) is 0. The largest absolute Gasteiger partial charge is 0.324 e. The van der Waals surface area contributed by atoms with Crippen molar-refractivity contribution < 1.29 is 4.79 Å². The number of hydrogen-bond donors (Lipinski definition) is 2. The zero-order valence-electron chi connectivity index (χ0n) is 11.9. The van der Waals surface area contributed by atoms with Gasteiger partial charge in [0.1, 0.15) is 6.04 Å². The SMILES string of the molecule is CCN[C@H](C(=O)Nc1ccc(C)cc1)c1ccccc1. The third-order valence-corrected chi connectivity index (χ3v) is 3.12. The number of anilines is 1. The highest BCUT2D eigenvalue weighted by atomic mass is 16.2. The van der Waals surface area contributed by atoms with E-state index in [2.05, 4.69) is 10.6 Å². The van der Waals surface area contributed by atoms with E-state index in [4.69, 9.17) is 0 Å². The van der Waals surface area contributed by atoms with Crippen molar-refractivity contribution in [1.29, 1.82) is 0 Å². The Morgan fingerprint density at radius 1 is 1.05 bits per heavy atom. The minimum atomic E-state index is -0.331. The van der Waals surface area contributed by atoms with Crippen molar-refractivity contribution >= 4 is 11.6 Å². The Balaban J connectivity index is 2.13. The number of hydrogen-bond acceptors (Lipinski definition) is 2. The zero-order chi connectivity index (χ0) is 14.4. The van der Waals surface area contributed by atoms with E-state index >= 15 is 0 Å². The molecule has 0 spiro atoms. The molecule has 104 valence electrons. The van der Waals surface area contributed by atoms with Crippen molar-refractivity contribution in [1.82, 2.24) is 5.32 Å². The summed E-state index contributed by atoms with van der Waals surface area (Å²) in [6.07, 6.45) is 0. The average Bonchev–Trinajstić information content (AvgIpc) is 2.48. The van der Waals surface area contributed by atoms with Crippen LogP contribution in [-0.4, -0.2) is 12.5 Å². The van der Waals surface area contributed by atoms with Crippen molar-refractivity contribution in [3.8, 4) is 0 Å². The van der Waals surface area contributed by atoms with Crippen LogP contribution in [0.2, 0.25) is 0 Å². The van der Waals surface area contributed by atoms with Gasteiger partial charge in [-0.15, -0.1) is 0 Å². The fourth-order valence-corrected chi connectivity index (χ4v) is 2.06. The summed E-state index contributed by atoms with van der Waals surface area (Å²) >= 11 is 0. The van der Waals surface area contributed by atoms with Crippen LogP contribution in [0.5, 0.6) is 0 Å². The molecule has 0 saturated heterocycles. The highest BCUT2D eigenvalue weighted by molar-refractivity contribution is 5.95. The monoisotopic (exact) mass is 268 g/mol. The van der Waals surface area contributed by atoms with Crippen LogP contribution in [0.15, 0.2) is 54.6 Å². The molecule has 0 fully saturated rings. The molecule has 3 heteroatoms. The fraction of sp³-hybridized carbons (Fsp3) is 0.235. The molecule has 2 aromatic carbocycles. The van der Waals surface area contributed by atoms with Gasteiger partial charge >= 0.3 is 0 Å². The van der Waals surface area contributed by atoms with Gasteiger partial charge in [0.25, 0.3) is 0 Å². The van der Waals surface area contributed by atoms with E-state index in [9.17, 15) is 4.79 Å². The Hall–Kier alpha value is -2.13. The number of benzene rings is 2. The minimum Gasteiger partial charge on any atom is -0.324 e. The second-order valence-corrected chi connectivity index (χ2v) is 4.76. The smallest absolute Gasteiger partial charge is 0.246 e. The summed E-state index contributed by atoms with van der Waals surface area (Å²) in [5.74, 6) is -0.0399. The number of amides is 1. The Bertz CT molecular complexity index is 549. The lowest BCUT2D eigenvalue weighted by atomic mass is 10.1. The Morgan fingerprint density at radius 3 is 2.30 bits per heavy atom. The molecule has 0 aliphatic rings. The number of aryl methyl sites for hydroxylation is 1.